The van der Waals surface area contributed by atoms with Crippen LogP contribution in [0.2, 0.25) is 0 Å². The minimum atomic E-state index is -0.566. The number of aliphatic hydroxyl groups excluding tert-OH is 1. The van der Waals surface area contributed by atoms with Crippen LogP contribution in [0.25, 0.3) is 0 Å². The number of aliphatic hydroxyl groups is 1. The van der Waals surface area contributed by atoms with Gasteiger partial charge in [0.1, 0.15) is 11.5 Å². The second-order valence-electron chi connectivity index (χ2n) is 6.41. The summed E-state index contributed by atoms with van der Waals surface area (Å²) in [5.74, 6) is 1.71. The molecule has 5 nitrogen and oxygen atoms in total. The highest BCUT2D eigenvalue weighted by Gasteiger charge is 2.18. The van der Waals surface area contributed by atoms with Crippen molar-refractivity contribution < 1.29 is 18.7 Å². The van der Waals surface area contributed by atoms with Gasteiger partial charge in [0.25, 0.3) is 0 Å². The first-order chi connectivity index (χ1) is 10.4. The van der Waals surface area contributed by atoms with Crippen LogP contribution in [-0.4, -0.2) is 34.9 Å². The number of hydrogen-bond donors (Lipinski definition) is 1. The zero-order valence-corrected chi connectivity index (χ0v) is 13.5. The number of ether oxygens (including phenoxy) is 1. The number of furan rings is 2. The summed E-state index contributed by atoms with van der Waals surface area (Å²) in [5.41, 5.74) is -0.256. The van der Waals surface area contributed by atoms with E-state index in [1.54, 1.807) is 12.5 Å². The highest BCUT2D eigenvalue weighted by molar-refractivity contribution is 5.01. The van der Waals surface area contributed by atoms with Crippen molar-refractivity contribution in [2.45, 2.75) is 45.6 Å². The summed E-state index contributed by atoms with van der Waals surface area (Å²) in [6.07, 6.45) is 2.74. The molecule has 0 radical (unpaired) electrons. The fourth-order valence-electron chi connectivity index (χ4n) is 2.13. The molecule has 0 unspecified atom stereocenters. The summed E-state index contributed by atoms with van der Waals surface area (Å²) in [4.78, 5) is 2.08. The largest absolute Gasteiger partial charge is 0.468 e. The second-order valence-corrected chi connectivity index (χ2v) is 6.41. The average molecular weight is 307 g/mol. The molecular formula is C17H25NO4. The number of hydrogen-bond acceptors (Lipinski definition) is 5. The second kappa shape index (κ2) is 7.63. The van der Waals surface area contributed by atoms with Gasteiger partial charge in [-0.15, -0.1) is 0 Å². The van der Waals surface area contributed by atoms with Crippen LogP contribution in [0.1, 0.15) is 32.3 Å². The van der Waals surface area contributed by atoms with Crippen molar-refractivity contribution in [1.29, 1.82) is 0 Å². The average Bonchev–Trinajstić information content (AvgIpc) is 3.09. The Morgan fingerprint density at radius 1 is 1.09 bits per heavy atom. The molecule has 22 heavy (non-hydrogen) atoms. The van der Waals surface area contributed by atoms with E-state index in [0.717, 1.165) is 11.5 Å². The third kappa shape index (κ3) is 6.05. The minimum absolute atomic E-state index is 0.256. The van der Waals surface area contributed by atoms with Crippen molar-refractivity contribution in [3.8, 4) is 0 Å². The molecule has 122 valence electrons. The third-order valence-electron chi connectivity index (χ3n) is 3.10. The Balaban J connectivity index is 1.91. The Kier molecular flexibility index (Phi) is 5.83. The summed E-state index contributed by atoms with van der Waals surface area (Å²) in [7, 11) is 0. The van der Waals surface area contributed by atoms with Crippen LogP contribution in [0.3, 0.4) is 0 Å². The van der Waals surface area contributed by atoms with E-state index in [0.29, 0.717) is 26.2 Å². The van der Waals surface area contributed by atoms with Crippen molar-refractivity contribution in [2.75, 3.05) is 13.2 Å². The minimum Gasteiger partial charge on any atom is -0.468 e. The van der Waals surface area contributed by atoms with Crippen LogP contribution >= 0.6 is 0 Å². The summed E-state index contributed by atoms with van der Waals surface area (Å²) >= 11 is 0. The molecule has 0 amide bonds. The predicted molar refractivity (Wildman–Crippen MR) is 83.2 cm³/mol. The Bertz CT molecular complexity index is 477. The quantitative estimate of drug-likeness (QED) is 0.812. The Labute approximate surface area is 131 Å². The molecule has 0 fully saturated rings. The molecule has 0 aliphatic rings. The van der Waals surface area contributed by atoms with Crippen LogP contribution in [0.15, 0.2) is 45.6 Å². The van der Waals surface area contributed by atoms with Gasteiger partial charge in [0.05, 0.1) is 43.9 Å². The van der Waals surface area contributed by atoms with Gasteiger partial charge in [-0.25, -0.2) is 0 Å². The molecule has 1 N–H and O–H groups in total. The number of rotatable bonds is 8. The summed E-state index contributed by atoms with van der Waals surface area (Å²) in [6, 6.07) is 7.57. The lowest BCUT2D eigenvalue weighted by Gasteiger charge is -2.26. The molecule has 5 heteroatoms. The van der Waals surface area contributed by atoms with E-state index in [2.05, 4.69) is 4.90 Å². The topological polar surface area (TPSA) is 59.0 Å². The molecule has 2 rings (SSSR count). The van der Waals surface area contributed by atoms with E-state index >= 15 is 0 Å². The monoisotopic (exact) mass is 307 g/mol. The van der Waals surface area contributed by atoms with Crippen molar-refractivity contribution in [3.05, 3.63) is 48.3 Å². The van der Waals surface area contributed by atoms with E-state index in [4.69, 9.17) is 13.6 Å². The molecule has 0 aromatic carbocycles. The maximum Gasteiger partial charge on any atom is 0.117 e. The van der Waals surface area contributed by atoms with E-state index < -0.39 is 6.10 Å². The van der Waals surface area contributed by atoms with Gasteiger partial charge in [-0.3, -0.25) is 4.90 Å². The van der Waals surface area contributed by atoms with E-state index in [1.165, 1.54) is 0 Å². The van der Waals surface area contributed by atoms with Crippen LogP contribution in [0.4, 0.5) is 0 Å². The molecular weight excluding hydrogens is 282 g/mol. The fraction of sp³-hybridized carbons (Fsp3) is 0.529. The van der Waals surface area contributed by atoms with Gasteiger partial charge in [-0.1, -0.05) is 0 Å². The Hall–Kier alpha value is -1.56. The summed E-state index contributed by atoms with van der Waals surface area (Å²) in [5, 5.41) is 10.2. The van der Waals surface area contributed by atoms with Crippen LogP contribution in [-0.2, 0) is 17.8 Å². The van der Waals surface area contributed by atoms with Crippen LogP contribution < -0.4 is 0 Å². The number of nitrogens with zero attached hydrogens (tertiary/aromatic N) is 1. The van der Waals surface area contributed by atoms with Crippen molar-refractivity contribution in [1.82, 2.24) is 4.90 Å². The first kappa shape index (κ1) is 16.8. The van der Waals surface area contributed by atoms with Crippen molar-refractivity contribution >= 4 is 0 Å². The molecule has 2 aromatic rings. The zero-order chi connectivity index (χ0) is 16.0. The Morgan fingerprint density at radius 3 is 2.05 bits per heavy atom. The molecule has 0 saturated carbocycles. The van der Waals surface area contributed by atoms with Gasteiger partial charge in [0, 0.05) is 6.54 Å². The molecule has 1 atom stereocenters. The lowest BCUT2D eigenvalue weighted by molar-refractivity contribution is -0.0579. The summed E-state index contributed by atoms with van der Waals surface area (Å²) in [6.45, 7) is 7.93. The molecule has 0 bridgehead atoms. The van der Waals surface area contributed by atoms with Gasteiger partial charge in [0.15, 0.2) is 0 Å². The van der Waals surface area contributed by atoms with Crippen molar-refractivity contribution in [2.24, 2.45) is 0 Å². The Morgan fingerprint density at radius 2 is 1.64 bits per heavy atom. The van der Waals surface area contributed by atoms with Gasteiger partial charge < -0.3 is 18.7 Å². The maximum absolute atomic E-state index is 10.2. The molecule has 2 aromatic heterocycles. The van der Waals surface area contributed by atoms with Gasteiger partial charge in [0.2, 0.25) is 0 Å². The lowest BCUT2D eigenvalue weighted by atomic mass is 10.2. The predicted octanol–water partition coefficient (Wildman–Crippen LogP) is 3.05. The molecule has 0 saturated heterocycles. The standard InChI is InChI=1S/C17H25NO4/c1-17(2,3)22-13-14(19)10-18(11-15-6-4-8-20-15)12-16-7-5-9-21-16/h4-9,14,19H,10-13H2,1-3H3/t14-/m0/s1. The van der Waals surface area contributed by atoms with E-state index in [1.807, 2.05) is 45.0 Å². The third-order valence-corrected chi connectivity index (χ3v) is 3.10. The highest BCUT2D eigenvalue weighted by atomic mass is 16.5. The maximum atomic E-state index is 10.2. The zero-order valence-electron chi connectivity index (χ0n) is 13.5. The molecule has 2 heterocycles. The van der Waals surface area contributed by atoms with Crippen LogP contribution in [0, 0.1) is 0 Å². The van der Waals surface area contributed by atoms with E-state index in [9.17, 15) is 5.11 Å². The summed E-state index contributed by atoms with van der Waals surface area (Å²) < 4.78 is 16.4. The first-order valence-electron chi connectivity index (χ1n) is 7.51. The molecule has 0 aliphatic heterocycles. The first-order valence-corrected chi connectivity index (χ1v) is 7.51. The fourth-order valence-corrected chi connectivity index (χ4v) is 2.13. The van der Waals surface area contributed by atoms with Gasteiger partial charge >= 0.3 is 0 Å². The van der Waals surface area contributed by atoms with Crippen molar-refractivity contribution in [3.63, 3.8) is 0 Å². The highest BCUT2D eigenvalue weighted by Crippen LogP contribution is 2.13. The normalized spacial score (nSPS) is 13.7. The molecule has 0 aliphatic carbocycles. The van der Waals surface area contributed by atoms with Gasteiger partial charge in [-0.2, -0.15) is 0 Å². The van der Waals surface area contributed by atoms with Gasteiger partial charge in [-0.05, 0) is 45.0 Å². The van der Waals surface area contributed by atoms with E-state index in [-0.39, 0.29) is 5.60 Å². The SMILES string of the molecule is CC(C)(C)OC[C@@H](O)CN(Cc1ccco1)Cc1ccco1. The lowest BCUT2D eigenvalue weighted by Crippen LogP contribution is -2.36. The smallest absolute Gasteiger partial charge is 0.117 e. The molecule has 0 spiro atoms. The van der Waals surface area contributed by atoms with Crippen LogP contribution in [0.5, 0.6) is 0 Å².